The van der Waals surface area contributed by atoms with Gasteiger partial charge in [0.1, 0.15) is 11.6 Å². The van der Waals surface area contributed by atoms with Crippen LogP contribution in [0.1, 0.15) is 11.3 Å². The summed E-state index contributed by atoms with van der Waals surface area (Å²) in [7, 11) is -4.39. The Bertz CT molecular complexity index is 351. The largest absolute Gasteiger partial charge is 0.346 e. The SMILES string of the molecule is N[C@@H](c1cccc(F)c1)P(=O)(O)O. The van der Waals surface area contributed by atoms with Gasteiger partial charge >= 0.3 is 7.60 Å². The zero-order chi connectivity index (χ0) is 10.1. The predicted octanol–water partition coefficient (Wildman–Crippen LogP) is 0.961. The number of halogens is 1. The van der Waals surface area contributed by atoms with E-state index in [1.807, 2.05) is 0 Å². The number of nitrogens with two attached hydrogens (primary N) is 1. The van der Waals surface area contributed by atoms with Crippen LogP contribution in [0.15, 0.2) is 24.3 Å². The summed E-state index contributed by atoms with van der Waals surface area (Å²) in [5.74, 6) is -2.02. The maximum atomic E-state index is 12.6. The van der Waals surface area contributed by atoms with Crippen LogP contribution in [0.5, 0.6) is 0 Å². The third-order valence-corrected chi connectivity index (χ3v) is 2.58. The van der Waals surface area contributed by atoms with E-state index in [0.29, 0.717) is 0 Å². The molecule has 0 fully saturated rings. The second-order valence-electron chi connectivity index (χ2n) is 2.59. The van der Waals surface area contributed by atoms with E-state index >= 15 is 0 Å². The van der Waals surface area contributed by atoms with Gasteiger partial charge in [-0.1, -0.05) is 12.1 Å². The Morgan fingerprint density at radius 3 is 2.54 bits per heavy atom. The molecule has 1 rings (SSSR count). The van der Waals surface area contributed by atoms with Gasteiger partial charge in [0.05, 0.1) is 0 Å². The van der Waals surface area contributed by atoms with E-state index in [2.05, 4.69) is 0 Å². The highest BCUT2D eigenvalue weighted by atomic mass is 31.2. The van der Waals surface area contributed by atoms with E-state index in [1.165, 1.54) is 18.2 Å². The molecule has 4 N–H and O–H groups in total. The van der Waals surface area contributed by atoms with E-state index in [0.717, 1.165) is 6.07 Å². The molecule has 1 aromatic rings. The van der Waals surface area contributed by atoms with Gasteiger partial charge in [-0.15, -0.1) is 0 Å². The third kappa shape index (κ3) is 2.60. The van der Waals surface area contributed by atoms with Gasteiger partial charge < -0.3 is 15.5 Å². The van der Waals surface area contributed by atoms with Gasteiger partial charge in [0.2, 0.25) is 0 Å². The summed E-state index contributed by atoms with van der Waals surface area (Å²) in [6.07, 6.45) is 0. The molecule has 0 saturated heterocycles. The standard InChI is InChI=1S/C7H9FNO3P/c8-6-3-1-2-5(4-6)7(9)13(10,11)12/h1-4,7H,9H2,(H2,10,11,12)/t7-/m1/s1. The maximum absolute atomic E-state index is 12.6. The quantitative estimate of drug-likeness (QED) is 0.628. The lowest BCUT2D eigenvalue weighted by Gasteiger charge is -2.13. The minimum absolute atomic E-state index is 0.0910. The predicted molar refractivity (Wildman–Crippen MR) is 45.4 cm³/mol. The fraction of sp³-hybridized carbons (Fsp3) is 0.143. The van der Waals surface area contributed by atoms with Crippen molar-refractivity contribution < 1.29 is 18.7 Å². The van der Waals surface area contributed by atoms with Crippen LogP contribution >= 0.6 is 7.60 Å². The van der Waals surface area contributed by atoms with Gasteiger partial charge in [0.25, 0.3) is 0 Å². The summed E-state index contributed by atoms with van der Waals surface area (Å²) in [5.41, 5.74) is 5.30. The van der Waals surface area contributed by atoms with Crippen molar-refractivity contribution in [1.82, 2.24) is 0 Å². The summed E-state index contributed by atoms with van der Waals surface area (Å²) in [4.78, 5) is 17.4. The van der Waals surface area contributed by atoms with Crippen molar-refractivity contribution in [2.45, 2.75) is 5.78 Å². The fourth-order valence-corrected chi connectivity index (χ4v) is 1.43. The molecule has 4 nitrogen and oxygen atoms in total. The molecule has 0 spiro atoms. The molecule has 1 atom stereocenters. The van der Waals surface area contributed by atoms with Crippen molar-refractivity contribution in [3.63, 3.8) is 0 Å². The van der Waals surface area contributed by atoms with Gasteiger partial charge in [-0.2, -0.15) is 0 Å². The summed E-state index contributed by atoms with van der Waals surface area (Å²) in [5, 5.41) is 0. The maximum Gasteiger partial charge on any atom is 0.346 e. The normalized spacial score (nSPS) is 14.2. The lowest BCUT2D eigenvalue weighted by Crippen LogP contribution is -2.10. The third-order valence-electron chi connectivity index (χ3n) is 1.55. The monoisotopic (exact) mass is 205 g/mol. The Morgan fingerprint density at radius 1 is 1.46 bits per heavy atom. The van der Waals surface area contributed by atoms with Crippen LogP contribution in [0.2, 0.25) is 0 Å². The van der Waals surface area contributed by atoms with E-state index in [4.69, 9.17) is 15.5 Å². The molecule has 0 bridgehead atoms. The molecule has 0 heterocycles. The summed E-state index contributed by atoms with van der Waals surface area (Å²) in [6, 6.07) is 4.90. The van der Waals surface area contributed by atoms with Crippen molar-refractivity contribution in [2.75, 3.05) is 0 Å². The van der Waals surface area contributed by atoms with Crippen LogP contribution in [0.25, 0.3) is 0 Å². The Hall–Kier alpha value is -0.740. The molecule has 0 aromatic heterocycles. The van der Waals surface area contributed by atoms with Gasteiger partial charge in [-0.3, -0.25) is 4.57 Å². The van der Waals surface area contributed by atoms with Gasteiger partial charge in [0.15, 0.2) is 0 Å². The average Bonchev–Trinajstić information content (AvgIpc) is 2.01. The van der Waals surface area contributed by atoms with Crippen LogP contribution in [0, 0.1) is 5.82 Å². The molecule has 0 aliphatic carbocycles. The Balaban J connectivity index is 3.02. The van der Waals surface area contributed by atoms with E-state index < -0.39 is 19.2 Å². The molecular weight excluding hydrogens is 196 g/mol. The lowest BCUT2D eigenvalue weighted by atomic mass is 10.2. The fourth-order valence-electron chi connectivity index (χ4n) is 0.885. The van der Waals surface area contributed by atoms with Crippen molar-refractivity contribution >= 4 is 7.60 Å². The zero-order valence-corrected chi connectivity index (χ0v) is 7.49. The van der Waals surface area contributed by atoms with E-state index in [9.17, 15) is 8.96 Å². The first kappa shape index (κ1) is 10.3. The first-order chi connectivity index (χ1) is 5.91. The highest BCUT2D eigenvalue weighted by Crippen LogP contribution is 2.47. The molecule has 0 amide bonds. The van der Waals surface area contributed by atoms with E-state index in [1.54, 1.807) is 0 Å². The molecular formula is C7H9FNO3P. The number of hydrogen-bond acceptors (Lipinski definition) is 2. The molecule has 72 valence electrons. The van der Waals surface area contributed by atoms with Crippen LogP contribution in [-0.2, 0) is 4.57 Å². The summed E-state index contributed by atoms with van der Waals surface area (Å²) >= 11 is 0. The number of benzene rings is 1. The van der Waals surface area contributed by atoms with E-state index in [-0.39, 0.29) is 5.56 Å². The van der Waals surface area contributed by atoms with Crippen molar-refractivity contribution in [1.29, 1.82) is 0 Å². The number of hydrogen-bond donors (Lipinski definition) is 3. The first-order valence-electron chi connectivity index (χ1n) is 3.47. The average molecular weight is 205 g/mol. The van der Waals surface area contributed by atoms with Gasteiger partial charge in [0, 0.05) is 0 Å². The smallest absolute Gasteiger partial charge is 0.323 e. The molecule has 0 aliphatic heterocycles. The zero-order valence-electron chi connectivity index (χ0n) is 6.59. The molecule has 13 heavy (non-hydrogen) atoms. The van der Waals surface area contributed by atoms with Gasteiger partial charge in [-0.05, 0) is 17.7 Å². The highest BCUT2D eigenvalue weighted by molar-refractivity contribution is 7.52. The molecule has 1 aromatic carbocycles. The Labute approximate surface area is 74.4 Å². The molecule has 6 heteroatoms. The second-order valence-corrected chi connectivity index (χ2v) is 4.32. The van der Waals surface area contributed by atoms with Crippen LogP contribution in [0.3, 0.4) is 0 Å². The molecule has 0 unspecified atom stereocenters. The summed E-state index contributed by atoms with van der Waals surface area (Å²) in [6.45, 7) is 0. The molecule has 0 radical (unpaired) electrons. The minimum atomic E-state index is -4.39. The topological polar surface area (TPSA) is 83.6 Å². The Morgan fingerprint density at radius 2 is 2.08 bits per heavy atom. The van der Waals surface area contributed by atoms with Crippen molar-refractivity contribution in [3.05, 3.63) is 35.6 Å². The van der Waals surface area contributed by atoms with Gasteiger partial charge in [-0.25, -0.2) is 4.39 Å². The second kappa shape index (κ2) is 3.55. The number of rotatable bonds is 2. The van der Waals surface area contributed by atoms with Crippen molar-refractivity contribution in [2.24, 2.45) is 5.73 Å². The van der Waals surface area contributed by atoms with Crippen LogP contribution < -0.4 is 5.73 Å². The molecule has 0 saturated carbocycles. The highest BCUT2D eigenvalue weighted by Gasteiger charge is 2.26. The van der Waals surface area contributed by atoms with Crippen LogP contribution in [0.4, 0.5) is 4.39 Å². The molecule has 0 aliphatic rings. The van der Waals surface area contributed by atoms with Crippen LogP contribution in [-0.4, -0.2) is 9.79 Å². The summed E-state index contributed by atoms with van der Waals surface area (Å²) < 4.78 is 23.3. The Kier molecular flexibility index (Phi) is 2.83. The minimum Gasteiger partial charge on any atom is -0.323 e. The lowest BCUT2D eigenvalue weighted by molar-refractivity contribution is 0.359. The first-order valence-corrected chi connectivity index (χ1v) is 5.15. The van der Waals surface area contributed by atoms with Crippen molar-refractivity contribution in [3.8, 4) is 0 Å².